The lowest BCUT2D eigenvalue weighted by Crippen LogP contribution is -3.00. The number of nitrogens with zero attached hydrogens (tertiary/aromatic N) is 2. The molecule has 0 bridgehead atoms. The molecule has 0 saturated carbocycles. The number of nitrogens with one attached hydrogen (secondary N) is 2. The molecule has 2 aromatic carbocycles. The Balaban J connectivity index is 0.00000288. The fourth-order valence-electron chi connectivity index (χ4n) is 7.33. The normalized spacial score (nSPS) is 25.3. The van der Waals surface area contributed by atoms with Crippen molar-refractivity contribution in [3.63, 3.8) is 0 Å². The van der Waals surface area contributed by atoms with Crippen LogP contribution >= 0.6 is 0 Å². The van der Waals surface area contributed by atoms with Crippen LogP contribution in [0.1, 0.15) is 83.2 Å². The Bertz CT molecular complexity index is 1350. The van der Waals surface area contributed by atoms with E-state index in [0.717, 1.165) is 51.6 Å². The first kappa shape index (κ1) is 38.5. The van der Waals surface area contributed by atoms with E-state index in [1.807, 2.05) is 0 Å². The highest BCUT2D eigenvalue weighted by molar-refractivity contribution is 6.29. The molecule has 2 heterocycles. The van der Waals surface area contributed by atoms with Crippen LogP contribution in [-0.4, -0.2) is 108 Å². The summed E-state index contributed by atoms with van der Waals surface area (Å²) in [6, 6.07) is 9.81. The lowest BCUT2D eigenvalue weighted by Gasteiger charge is -2.44. The third-order valence-electron chi connectivity index (χ3n) is 10.4. The van der Waals surface area contributed by atoms with E-state index in [1.54, 1.807) is 36.4 Å². The number of amides is 2. The van der Waals surface area contributed by atoms with Crippen LogP contribution in [0.25, 0.3) is 0 Å². The number of rotatable bonds is 10. The molecule has 1 aliphatic carbocycles. The van der Waals surface area contributed by atoms with Gasteiger partial charge in [0.25, 0.3) is 0 Å². The van der Waals surface area contributed by atoms with Gasteiger partial charge < -0.3 is 77.8 Å². The number of ketones is 2. The number of carbonyl (C=O) groups excluding carboxylic acids is 4. The maximum Gasteiger partial charge on any atom is 0.230 e. The van der Waals surface area contributed by atoms with Crippen LogP contribution in [0.2, 0.25) is 0 Å². The molecule has 10 nitrogen and oxygen atoms in total. The van der Waals surface area contributed by atoms with Crippen LogP contribution in [0.15, 0.2) is 36.4 Å². The lowest BCUT2D eigenvalue weighted by molar-refractivity contribution is -0.938. The van der Waals surface area contributed by atoms with Crippen LogP contribution in [0, 0.1) is 0 Å². The topological polar surface area (TPSA) is 133 Å². The summed E-state index contributed by atoms with van der Waals surface area (Å²) in [5.74, 6) is -0.966. The van der Waals surface area contributed by atoms with Crippen molar-refractivity contribution in [2.45, 2.75) is 63.5 Å². The summed E-state index contributed by atoms with van der Waals surface area (Å²) in [6.45, 7) is 3.32. The first-order chi connectivity index (χ1) is 21.1. The minimum Gasteiger partial charge on any atom is -1.00 e. The van der Waals surface area contributed by atoms with Gasteiger partial charge in [-0.25, -0.2) is 0 Å². The SMILES string of the molecule is C[N+]1(CCC(=O)Nc2ccc3c(c2)C(=O)c2ccc(NC(=O)CC[N+]4(C)CCCCC4CO)cc2C3=O)CCCCC1CO.[I-].[I-]. The standard InChI is InChI=1S/C34H44N4O6.2HI/c1-37(15-5-3-7-25(37)21-39)17-13-31(41)35-23-9-11-27-29(19-23)33(43)28-12-10-24(20-30(28)34(27)44)36-32(42)14-18-38(2)16-6-4-8-26(38)22-40;;/h9-12,19-20,25-26,39-40H,3-8,13-18,21-22H2,1-2H3;2*1H. The van der Waals surface area contributed by atoms with Gasteiger partial charge in [-0.15, -0.1) is 0 Å². The molecule has 4 N–H and O–H groups in total. The van der Waals surface area contributed by atoms with Gasteiger partial charge in [-0.1, -0.05) is 0 Å². The van der Waals surface area contributed by atoms with Gasteiger partial charge in [0, 0.05) is 46.5 Å². The molecule has 0 aromatic heterocycles. The highest BCUT2D eigenvalue weighted by atomic mass is 127. The van der Waals surface area contributed by atoms with E-state index in [-0.39, 0.29) is 132 Å². The molecule has 2 aromatic rings. The van der Waals surface area contributed by atoms with E-state index in [0.29, 0.717) is 33.4 Å². The molecular formula is C34H46I2N4O6. The Morgan fingerprint density at radius 1 is 0.674 bits per heavy atom. The summed E-state index contributed by atoms with van der Waals surface area (Å²) in [4.78, 5) is 52.5. The summed E-state index contributed by atoms with van der Waals surface area (Å²) in [5, 5.41) is 25.4. The van der Waals surface area contributed by atoms with Crippen molar-refractivity contribution in [2.24, 2.45) is 0 Å². The van der Waals surface area contributed by atoms with Crippen LogP contribution in [0.5, 0.6) is 0 Å². The first-order valence-electron chi connectivity index (χ1n) is 15.9. The zero-order chi connectivity index (χ0) is 31.5. The predicted octanol–water partition coefficient (Wildman–Crippen LogP) is -2.89. The number of carbonyl (C=O) groups is 4. The maximum atomic E-state index is 13.4. The Morgan fingerprint density at radius 3 is 1.43 bits per heavy atom. The van der Waals surface area contributed by atoms with Crippen molar-refractivity contribution in [2.75, 3.05) is 64.1 Å². The molecule has 4 unspecified atom stereocenters. The quantitative estimate of drug-likeness (QED) is 0.128. The molecule has 252 valence electrons. The molecule has 0 radical (unpaired) electrons. The number of aliphatic hydroxyl groups is 2. The van der Waals surface area contributed by atoms with E-state index in [1.165, 1.54) is 0 Å². The summed E-state index contributed by atoms with van der Waals surface area (Å²) in [6.07, 6.45) is 6.83. The van der Waals surface area contributed by atoms with Crippen LogP contribution in [0.4, 0.5) is 11.4 Å². The number of likely N-dealkylation sites (N-methyl/N-ethyl adjacent to an activating group) is 2. The Kier molecular flexibility index (Phi) is 13.7. The largest absolute Gasteiger partial charge is 1.00 e. The van der Waals surface area contributed by atoms with Gasteiger partial charge in [0.1, 0.15) is 12.1 Å². The molecule has 46 heavy (non-hydrogen) atoms. The van der Waals surface area contributed by atoms with Crippen molar-refractivity contribution >= 4 is 34.8 Å². The lowest BCUT2D eigenvalue weighted by atomic mass is 9.83. The molecule has 2 aliphatic heterocycles. The maximum absolute atomic E-state index is 13.4. The van der Waals surface area contributed by atoms with E-state index in [9.17, 15) is 29.4 Å². The zero-order valence-corrected chi connectivity index (χ0v) is 31.0. The molecule has 12 heteroatoms. The average Bonchev–Trinajstić information content (AvgIpc) is 3.02. The summed E-state index contributed by atoms with van der Waals surface area (Å²) >= 11 is 0. The number of piperidine rings is 2. The van der Waals surface area contributed by atoms with Gasteiger partial charge in [-0.05, 0) is 62.1 Å². The van der Waals surface area contributed by atoms with Crippen LogP contribution < -0.4 is 58.6 Å². The third kappa shape index (κ3) is 8.35. The molecule has 2 amide bonds. The molecule has 3 aliphatic rings. The van der Waals surface area contributed by atoms with Crippen LogP contribution in [-0.2, 0) is 9.59 Å². The Labute approximate surface area is 305 Å². The first-order valence-corrected chi connectivity index (χ1v) is 15.9. The van der Waals surface area contributed by atoms with E-state index in [4.69, 9.17) is 0 Å². The minimum atomic E-state index is -0.307. The molecule has 5 rings (SSSR count). The summed E-state index contributed by atoms with van der Waals surface area (Å²) in [5.41, 5.74) is 1.91. The van der Waals surface area contributed by atoms with Crippen molar-refractivity contribution in [1.29, 1.82) is 0 Å². The van der Waals surface area contributed by atoms with Crippen molar-refractivity contribution in [3.8, 4) is 0 Å². The number of halogens is 2. The monoisotopic (exact) mass is 860 g/mol. The molecule has 2 fully saturated rings. The second kappa shape index (κ2) is 16.4. The summed E-state index contributed by atoms with van der Waals surface area (Å²) in [7, 11) is 4.18. The van der Waals surface area contributed by atoms with E-state index < -0.39 is 0 Å². The van der Waals surface area contributed by atoms with Gasteiger partial charge in [-0.3, -0.25) is 19.2 Å². The predicted molar refractivity (Wildman–Crippen MR) is 168 cm³/mol. The Hall–Kier alpha value is -1.98. The number of benzene rings is 2. The second-order valence-electron chi connectivity index (χ2n) is 13.3. The highest BCUT2D eigenvalue weighted by Crippen LogP contribution is 2.32. The number of quaternary nitrogens is 2. The van der Waals surface area contributed by atoms with Gasteiger partial charge in [-0.2, -0.15) is 0 Å². The fraction of sp³-hybridized carbons (Fsp3) is 0.529. The molecule has 0 spiro atoms. The van der Waals surface area contributed by atoms with Gasteiger partial charge in [0.2, 0.25) is 11.8 Å². The second-order valence-corrected chi connectivity index (χ2v) is 13.3. The van der Waals surface area contributed by atoms with Crippen LogP contribution in [0.3, 0.4) is 0 Å². The average molecular weight is 861 g/mol. The number of fused-ring (bicyclic) bond motifs is 2. The minimum absolute atomic E-state index is 0. The van der Waals surface area contributed by atoms with Gasteiger partial charge >= 0.3 is 0 Å². The van der Waals surface area contributed by atoms with Crippen molar-refractivity contribution in [3.05, 3.63) is 58.7 Å². The molecule has 4 atom stereocenters. The van der Waals surface area contributed by atoms with Gasteiger partial charge in [0.15, 0.2) is 11.6 Å². The Morgan fingerprint density at radius 2 is 1.07 bits per heavy atom. The zero-order valence-electron chi connectivity index (χ0n) is 26.7. The number of hydrogen-bond acceptors (Lipinski definition) is 6. The number of aliphatic hydroxyl groups excluding tert-OH is 2. The van der Waals surface area contributed by atoms with E-state index >= 15 is 0 Å². The van der Waals surface area contributed by atoms with E-state index in [2.05, 4.69) is 24.7 Å². The highest BCUT2D eigenvalue weighted by Gasteiger charge is 2.36. The number of hydrogen-bond donors (Lipinski definition) is 4. The summed E-state index contributed by atoms with van der Waals surface area (Å²) < 4.78 is 1.34. The third-order valence-corrected chi connectivity index (χ3v) is 10.4. The number of likely N-dealkylation sites (tertiary alicyclic amines) is 2. The van der Waals surface area contributed by atoms with Gasteiger partial charge in [0.05, 0.1) is 66.3 Å². The molecule has 2 saturated heterocycles. The van der Waals surface area contributed by atoms with Crippen molar-refractivity contribution < 1.29 is 86.3 Å². The number of anilines is 2. The smallest absolute Gasteiger partial charge is 0.230 e. The fourth-order valence-corrected chi connectivity index (χ4v) is 7.33. The molecular weight excluding hydrogens is 814 g/mol. The van der Waals surface area contributed by atoms with Crippen molar-refractivity contribution in [1.82, 2.24) is 0 Å².